The van der Waals surface area contributed by atoms with Crippen LogP contribution in [0.5, 0.6) is 0 Å². The van der Waals surface area contributed by atoms with E-state index in [9.17, 15) is 8.78 Å². The first-order chi connectivity index (χ1) is 8.11. The zero-order valence-electron chi connectivity index (χ0n) is 9.83. The number of nitrogens with one attached hydrogen (secondary N) is 1. The minimum atomic E-state index is -2.46. The number of hydrogen-bond donors (Lipinski definition) is 1. The standard InChI is InChI=1S/C11H17F2N3S/c1-2-14-9(10-7-15-17-16-10)5-8-3-4-11(12,13)6-8/h7-9,14H,2-6H2,1H3. The number of alkyl halides is 2. The fourth-order valence-electron chi connectivity index (χ4n) is 2.46. The van der Waals surface area contributed by atoms with Crippen LogP contribution in [0.25, 0.3) is 0 Å². The van der Waals surface area contributed by atoms with Gasteiger partial charge in [0, 0.05) is 12.8 Å². The quantitative estimate of drug-likeness (QED) is 0.885. The monoisotopic (exact) mass is 261 g/mol. The van der Waals surface area contributed by atoms with E-state index >= 15 is 0 Å². The van der Waals surface area contributed by atoms with Crippen molar-refractivity contribution in [2.45, 2.75) is 44.6 Å². The van der Waals surface area contributed by atoms with Gasteiger partial charge in [0.25, 0.3) is 0 Å². The molecule has 1 saturated carbocycles. The molecule has 2 unspecified atom stereocenters. The Hall–Kier alpha value is -0.620. The average molecular weight is 261 g/mol. The van der Waals surface area contributed by atoms with Crippen LogP contribution in [-0.2, 0) is 0 Å². The number of rotatable bonds is 5. The van der Waals surface area contributed by atoms with Gasteiger partial charge in [-0.3, -0.25) is 0 Å². The second kappa shape index (κ2) is 5.35. The molecule has 0 radical (unpaired) electrons. The molecule has 2 atom stereocenters. The predicted molar refractivity (Wildman–Crippen MR) is 63.2 cm³/mol. The molecule has 1 aromatic rings. The summed E-state index contributed by atoms with van der Waals surface area (Å²) in [6, 6.07) is 0.0673. The maximum Gasteiger partial charge on any atom is 0.248 e. The topological polar surface area (TPSA) is 37.8 Å². The van der Waals surface area contributed by atoms with Gasteiger partial charge in [-0.15, -0.1) is 0 Å². The highest BCUT2D eigenvalue weighted by molar-refractivity contribution is 6.99. The molecule has 96 valence electrons. The zero-order valence-corrected chi connectivity index (χ0v) is 10.6. The summed E-state index contributed by atoms with van der Waals surface area (Å²) >= 11 is 1.16. The predicted octanol–water partition coefficient (Wildman–Crippen LogP) is 3.01. The average Bonchev–Trinajstić information content (AvgIpc) is 2.87. The van der Waals surface area contributed by atoms with Crippen LogP contribution in [0.1, 0.15) is 44.3 Å². The maximum absolute atomic E-state index is 13.1. The molecule has 0 amide bonds. The molecule has 17 heavy (non-hydrogen) atoms. The maximum atomic E-state index is 13.1. The molecule has 0 spiro atoms. The lowest BCUT2D eigenvalue weighted by Gasteiger charge is -2.19. The Labute approximate surface area is 104 Å². The van der Waals surface area contributed by atoms with Crippen molar-refractivity contribution < 1.29 is 8.78 Å². The van der Waals surface area contributed by atoms with Crippen LogP contribution < -0.4 is 5.32 Å². The van der Waals surface area contributed by atoms with E-state index in [1.165, 1.54) is 0 Å². The van der Waals surface area contributed by atoms with Gasteiger partial charge >= 0.3 is 0 Å². The van der Waals surface area contributed by atoms with E-state index in [1.807, 2.05) is 6.92 Å². The number of hydrogen-bond acceptors (Lipinski definition) is 4. The van der Waals surface area contributed by atoms with E-state index in [0.29, 0.717) is 6.42 Å². The molecule has 0 bridgehead atoms. The van der Waals surface area contributed by atoms with Crippen molar-refractivity contribution in [2.24, 2.45) is 5.92 Å². The normalized spacial score (nSPS) is 25.0. The van der Waals surface area contributed by atoms with Crippen LogP contribution >= 0.6 is 11.7 Å². The van der Waals surface area contributed by atoms with Crippen molar-refractivity contribution in [3.63, 3.8) is 0 Å². The molecule has 1 N–H and O–H groups in total. The van der Waals surface area contributed by atoms with E-state index < -0.39 is 5.92 Å². The minimum absolute atomic E-state index is 0.0203. The van der Waals surface area contributed by atoms with E-state index in [4.69, 9.17) is 0 Å². The van der Waals surface area contributed by atoms with E-state index in [1.54, 1.807) is 6.20 Å². The lowest BCUT2D eigenvalue weighted by molar-refractivity contribution is 0.00430. The second-order valence-electron chi connectivity index (χ2n) is 4.64. The molecule has 3 nitrogen and oxygen atoms in total. The number of aromatic nitrogens is 2. The van der Waals surface area contributed by atoms with Gasteiger partial charge < -0.3 is 5.32 Å². The summed E-state index contributed by atoms with van der Waals surface area (Å²) in [6.45, 7) is 2.82. The van der Waals surface area contributed by atoms with Crippen molar-refractivity contribution in [2.75, 3.05) is 6.54 Å². The lowest BCUT2D eigenvalue weighted by atomic mass is 9.96. The van der Waals surface area contributed by atoms with Crippen molar-refractivity contribution >= 4 is 11.7 Å². The highest BCUT2D eigenvalue weighted by atomic mass is 32.1. The number of nitrogens with zero attached hydrogens (tertiary/aromatic N) is 2. The third-order valence-electron chi connectivity index (χ3n) is 3.26. The Morgan fingerprint density at radius 3 is 3.00 bits per heavy atom. The Bertz CT molecular complexity index is 342. The fourth-order valence-corrected chi connectivity index (χ4v) is 2.93. The first kappa shape index (κ1) is 12.8. The molecule has 2 rings (SSSR count). The third-order valence-corrected chi connectivity index (χ3v) is 3.75. The molecule has 1 fully saturated rings. The molecule has 0 saturated heterocycles. The van der Waals surface area contributed by atoms with E-state index in [-0.39, 0.29) is 24.8 Å². The Balaban J connectivity index is 1.95. The van der Waals surface area contributed by atoms with Gasteiger partial charge in [0.2, 0.25) is 5.92 Å². The summed E-state index contributed by atoms with van der Waals surface area (Å²) in [5.74, 6) is -2.36. The largest absolute Gasteiger partial charge is 0.309 e. The number of halogens is 2. The molecule has 0 aromatic carbocycles. The second-order valence-corrected chi connectivity index (χ2v) is 5.20. The van der Waals surface area contributed by atoms with Crippen molar-refractivity contribution in [1.82, 2.24) is 14.1 Å². The van der Waals surface area contributed by atoms with Crippen molar-refractivity contribution in [3.05, 3.63) is 11.9 Å². The highest BCUT2D eigenvalue weighted by Crippen LogP contribution is 2.42. The Kier molecular flexibility index (Phi) is 4.04. The molecular weight excluding hydrogens is 244 g/mol. The van der Waals surface area contributed by atoms with E-state index in [0.717, 1.165) is 30.4 Å². The minimum Gasteiger partial charge on any atom is -0.309 e. The Morgan fingerprint density at radius 2 is 2.47 bits per heavy atom. The SMILES string of the molecule is CCNC(CC1CCC(F)(F)C1)c1cnsn1. The summed E-state index contributed by atoms with van der Waals surface area (Å²) in [4.78, 5) is 0. The van der Waals surface area contributed by atoms with Gasteiger partial charge in [-0.1, -0.05) is 6.92 Å². The highest BCUT2D eigenvalue weighted by Gasteiger charge is 2.40. The van der Waals surface area contributed by atoms with Crippen LogP contribution in [0, 0.1) is 5.92 Å². The van der Waals surface area contributed by atoms with Gasteiger partial charge in [0.1, 0.15) is 0 Å². The van der Waals surface area contributed by atoms with E-state index in [2.05, 4.69) is 14.1 Å². The van der Waals surface area contributed by atoms with Crippen LogP contribution in [0.3, 0.4) is 0 Å². The molecule has 1 aromatic heterocycles. The van der Waals surface area contributed by atoms with Crippen molar-refractivity contribution in [3.8, 4) is 0 Å². The molecule has 0 aliphatic heterocycles. The van der Waals surface area contributed by atoms with Crippen LogP contribution in [0.2, 0.25) is 0 Å². The summed E-state index contributed by atoms with van der Waals surface area (Å²) in [6.07, 6.45) is 3.13. The van der Waals surface area contributed by atoms with Gasteiger partial charge in [0.05, 0.1) is 29.7 Å². The molecule has 1 aliphatic carbocycles. The lowest BCUT2D eigenvalue weighted by Crippen LogP contribution is -2.23. The fraction of sp³-hybridized carbons (Fsp3) is 0.818. The summed E-state index contributed by atoms with van der Waals surface area (Å²) in [5.41, 5.74) is 0.882. The van der Waals surface area contributed by atoms with Crippen molar-refractivity contribution in [1.29, 1.82) is 0 Å². The van der Waals surface area contributed by atoms with Gasteiger partial charge in [-0.25, -0.2) is 8.78 Å². The summed E-state index contributed by atoms with van der Waals surface area (Å²) < 4.78 is 34.4. The Morgan fingerprint density at radius 1 is 1.65 bits per heavy atom. The zero-order chi connectivity index (χ0) is 12.3. The van der Waals surface area contributed by atoms with Crippen LogP contribution in [0.4, 0.5) is 8.78 Å². The van der Waals surface area contributed by atoms with Gasteiger partial charge in [-0.2, -0.15) is 8.75 Å². The van der Waals surface area contributed by atoms with Gasteiger partial charge in [0.15, 0.2) is 0 Å². The van der Waals surface area contributed by atoms with Gasteiger partial charge in [-0.05, 0) is 25.3 Å². The summed E-state index contributed by atoms with van der Waals surface area (Å²) in [5, 5.41) is 3.30. The first-order valence-corrected chi connectivity index (χ1v) is 6.72. The molecule has 1 aliphatic rings. The molecule has 6 heteroatoms. The first-order valence-electron chi connectivity index (χ1n) is 5.99. The molecular formula is C11H17F2N3S. The third kappa shape index (κ3) is 3.42. The molecule has 1 heterocycles. The summed E-state index contributed by atoms with van der Waals surface area (Å²) in [7, 11) is 0. The van der Waals surface area contributed by atoms with Crippen LogP contribution in [0.15, 0.2) is 6.20 Å². The van der Waals surface area contributed by atoms with Crippen LogP contribution in [-0.4, -0.2) is 21.2 Å². The smallest absolute Gasteiger partial charge is 0.248 e.